The second-order valence-electron chi connectivity index (χ2n) is 6.04. The first-order chi connectivity index (χ1) is 12.7. The number of aliphatic imine (C=N–C) groups is 1. The first-order valence-electron chi connectivity index (χ1n) is 8.62. The second kappa shape index (κ2) is 10.6. The number of nitrogens with one attached hydrogen (secondary N) is 2. The van der Waals surface area contributed by atoms with Crippen molar-refractivity contribution in [3.63, 3.8) is 0 Å². The molecule has 2 N–H and O–H groups in total. The van der Waals surface area contributed by atoms with Crippen LogP contribution in [-0.4, -0.2) is 63.3 Å². The molecule has 0 radical (unpaired) electrons. The van der Waals surface area contributed by atoms with Crippen molar-refractivity contribution in [3.05, 3.63) is 29.3 Å². The number of hydrogen-bond acceptors (Lipinski definition) is 3. The van der Waals surface area contributed by atoms with Crippen LogP contribution in [0.5, 0.6) is 5.75 Å². The molecule has 0 saturated heterocycles. The van der Waals surface area contributed by atoms with Crippen LogP contribution in [0.15, 0.2) is 23.2 Å². The van der Waals surface area contributed by atoms with Gasteiger partial charge in [0.2, 0.25) is 5.91 Å². The number of hydrogen-bond donors (Lipinski definition) is 2. The molecule has 152 valence electrons. The molecule has 1 amide bonds. The van der Waals surface area contributed by atoms with Crippen LogP contribution in [0, 0.1) is 6.92 Å². The zero-order valence-corrected chi connectivity index (χ0v) is 16.1. The van der Waals surface area contributed by atoms with E-state index in [1.165, 1.54) is 0 Å². The van der Waals surface area contributed by atoms with Crippen molar-refractivity contribution >= 4 is 11.9 Å². The van der Waals surface area contributed by atoms with Crippen molar-refractivity contribution in [2.75, 3.05) is 40.3 Å². The highest BCUT2D eigenvalue weighted by atomic mass is 19.4. The van der Waals surface area contributed by atoms with E-state index in [1.807, 2.05) is 32.0 Å². The smallest absolute Gasteiger partial charge is 0.406 e. The summed E-state index contributed by atoms with van der Waals surface area (Å²) in [5.74, 6) is 0.490. The molecule has 1 aromatic rings. The summed E-state index contributed by atoms with van der Waals surface area (Å²) >= 11 is 0. The van der Waals surface area contributed by atoms with E-state index >= 15 is 0 Å². The van der Waals surface area contributed by atoms with Crippen molar-refractivity contribution in [1.29, 1.82) is 0 Å². The summed E-state index contributed by atoms with van der Waals surface area (Å²) in [6, 6.07) is 5.93. The van der Waals surface area contributed by atoms with Gasteiger partial charge in [-0.05, 0) is 37.5 Å². The molecule has 0 aromatic heterocycles. The number of benzene rings is 1. The highest BCUT2D eigenvalue weighted by Crippen LogP contribution is 2.19. The quantitative estimate of drug-likeness (QED) is 0.529. The Labute approximate surface area is 157 Å². The third-order valence-corrected chi connectivity index (χ3v) is 3.74. The summed E-state index contributed by atoms with van der Waals surface area (Å²) in [6.07, 6.45) is -3.73. The van der Waals surface area contributed by atoms with Crippen molar-refractivity contribution in [3.8, 4) is 5.75 Å². The number of rotatable bonds is 8. The number of methoxy groups -OCH3 is 1. The molecule has 1 rings (SSSR count). The van der Waals surface area contributed by atoms with Crippen molar-refractivity contribution in [2.45, 2.75) is 26.4 Å². The molecule has 1 aromatic carbocycles. The number of nitrogens with zero attached hydrogens (tertiary/aromatic N) is 2. The van der Waals surface area contributed by atoms with E-state index in [9.17, 15) is 18.0 Å². The predicted molar refractivity (Wildman–Crippen MR) is 99.1 cm³/mol. The van der Waals surface area contributed by atoms with Crippen LogP contribution in [-0.2, 0) is 11.2 Å². The number of guanidine groups is 1. The Balaban J connectivity index is 2.57. The topological polar surface area (TPSA) is 66.0 Å². The standard InChI is InChI=1S/C18H27F3N4O2/c1-5-22-17(24-11-16(26)25(3)12-18(19,20)21)23-9-8-14-7-6-13(2)15(10-14)27-4/h6-7,10H,5,8-9,11-12H2,1-4H3,(H2,22,23,24). The highest BCUT2D eigenvalue weighted by molar-refractivity contribution is 5.84. The molecule has 0 aliphatic carbocycles. The average molecular weight is 388 g/mol. The van der Waals surface area contributed by atoms with Crippen LogP contribution in [0.2, 0.25) is 0 Å². The summed E-state index contributed by atoms with van der Waals surface area (Å²) in [5, 5.41) is 6.03. The van der Waals surface area contributed by atoms with E-state index in [4.69, 9.17) is 4.74 Å². The maximum absolute atomic E-state index is 12.3. The number of halogens is 3. The zero-order valence-electron chi connectivity index (χ0n) is 16.1. The minimum Gasteiger partial charge on any atom is -0.496 e. The lowest BCUT2D eigenvalue weighted by Crippen LogP contribution is -2.40. The number of aryl methyl sites for hydroxylation is 1. The molecule has 0 unspecified atom stereocenters. The molecule has 0 bridgehead atoms. The number of carbonyl (C=O) groups excluding carboxylic acids is 1. The van der Waals surface area contributed by atoms with E-state index in [2.05, 4.69) is 15.6 Å². The largest absolute Gasteiger partial charge is 0.496 e. The lowest BCUT2D eigenvalue weighted by Gasteiger charge is -2.18. The molecule has 0 aliphatic heterocycles. The SMILES string of the molecule is CCNC(=NCC(=O)N(C)CC(F)(F)F)NCCc1ccc(C)c(OC)c1. The van der Waals surface area contributed by atoms with Gasteiger partial charge in [-0.25, -0.2) is 4.99 Å². The van der Waals surface area contributed by atoms with Gasteiger partial charge in [0.1, 0.15) is 18.8 Å². The van der Waals surface area contributed by atoms with Crippen LogP contribution in [0.25, 0.3) is 0 Å². The summed E-state index contributed by atoms with van der Waals surface area (Å²) in [5.41, 5.74) is 2.12. The first kappa shape index (κ1) is 22.6. The molecule has 9 heteroatoms. The second-order valence-corrected chi connectivity index (χ2v) is 6.04. The van der Waals surface area contributed by atoms with E-state index in [0.29, 0.717) is 30.4 Å². The lowest BCUT2D eigenvalue weighted by molar-refractivity contribution is -0.157. The molecule has 0 aliphatic rings. The Kier molecular flexibility index (Phi) is 8.90. The molecule has 6 nitrogen and oxygen atoms in total. The maximum atomic E-state index is 12.3. The molecular weight excluding hydrogens is 361 g/mol. The van der Waals surface area contributed by atoms with Gasteiger partial charge >= 0.3 is 6.18 Å². The summed E-state index contributed by atoms with van der Waals surface area (Å²) in [7, 11) is 2.73. The lowest BCUT2D eigenvalue weighted by atomic mass is 10.1. The Morgan fingerprint density at radius 1 is 1.30 bits per heavy atom. The number of likely N-dealkylation sites (N-methyl/N-ethyl adjacent to an activating group) is 1. The van der Waals surface area contributed by atoms with E-state index in [0.717, 1.165) is 23.9 Å². The van der Waals surface area contributed by atoms with Crippen LogP contribution in [0.3, 0.4) is 0 Å². The van der Waals surface area contributed by atoms with Crippen LogP contribution in [0.4, 0.5) is 13.2 Å². The van der Waals surface area contributed by atoms with Gasteiger partial charge in [0.05, 0.1) is 7.11 Å². The molecular formula is C18H27F3N4O2. The fourth-order valence-corrected chi connectivity index (χ4v) is 2.31. The van der Waals surface area contributed by atoms with Gasteiger partial charge in [-0.2, -0.15) is 13.2 Å². The molecule has 0 fully saturated rings. The predicted octanol–water partition coefficient (Wildman–Crippen LogP) is 2.12. The van der Waals surface area contributed by atoms with Gasteiger partial charge in [0.15, 0.2) is 5.96 Å². The molecule has 27 heavy (non-hydrogen) atoms. The van der Waals surface area contributed by atoms with Crippen molar-refractivity contribution in [2.24, 2.45) is 4.99 Å². The Morgan fingerprint density at radius 3 is 2.59 bits per heavy atom. The first-order valence-corrected chi connectivity index (χ1v) is 8.62. The number of carbonyl (C=O) groups is 1. The minimum atomic E-state index is -4.42. The summed E-state index contributed by atoms with van der Waals surface area (Å²) < 4.78 is 42.3. The van der Waals surface area contributed by atoms with Crippen molar-refractivity contribution < 1.29 is 22.7 Å². The van der Waals surface area contributed by atoms with Gasteiger partial charge in [-0.15, -0.1) is 0 Å². The van der Waals surface area contributed by atoms with Gasteiger partial charge in [0.25, 0.3) is 0 Å². The van der Waals surface area contributed by atoms with Crippen LogP contribution < -0.4 is 15.4 Å². The number of ether oxygens (including phenoxy) is 1. The third kappa shape index (κ3) is 8.65. The Bertz CT molecular complexity index is 648. The average Bonchev–Trinajstić information content (AvgIpc) is 2.59. The van der Waals surface area contributed by atoms with Gasteiger partial charge in [0, 0.05) is 20.1 Å². The van der Waals surface area contributed by atoms with E-state index < -0.39 is 18.6 Å². The fourth-order valence-electron chi connectivity index (χ4n) is 2.31. The van der Waals surface area contributed by atoms with Gasteiger partial charge in [-0.3, -0.25) is 4.79 Å². The molecule has 0 atom stereocenters. The summed E-state index contributed by atoms with van der Waals surface area (Å²) in [6.45, 7) is 3.28. The zero-order chi connectivity index (χ0) is 20.4. The molecule has 0 heterocycles. The number of alkyl halides is 3. The minimum absolute atomic E-state index is 0.361. The van der Waals surface area contributed by atoms with E-state index in [1.54, 1.807) is 7.11 Å². The Hall–Kier alpha value is -2.45. The fraction of sp³-hybridized carbons (Fsp3) is 0.556. The monoisotopic (exact) mass is 388 g/mol. The maximum Gasteiger partial charge on any atom is 0.406 e. The van der Waals surface area contributed by atoms with Gasteiger partial charge < -0.3 is 20.3 Å². The van der Waals surface area contributed by atoms with Gasteiger partial charge in [-0.1, -0.05) is 12.1 Å². The van der Waals surface area contributed by atoms with E-state index in [-0.39, 0.29) is 6.54 Å². The summed E-state index contributed by atoms with van der Waals surface area (Å²) in [4.78, 5) is 16.4. The molecule has 0 saturated carbocycles. The third-order valence-electron chi connectivity index (χ3n) is 3.74. The highest BCUT2D eigenvalue weighted by Gasteiger charge is 2.30. The normalized spacial score (nSPS) is 11.9. The van der Waals surface area contributed by atoms with Crippen LogP contribution >= 0.6 is 0 Å². The molecule has 0 spiro atoms. The Morgan fingerprint density at radius 2 is 2.00 bits per heavy atom. The van der Waals surface area contributed by atoms with Crippen LogP contribution in [0.1, 0.15) is 18.1 Å². The number of amides is 1. The van der Waals surface area contributed by atoms with Crippen molar-refractivity contribution in [1.82, 2.24) is 15.5 Å².